The van der Waals surface area contributed by atoms with Gasteiger partial charge in [-0.3, -0.25) is 14.9 Å². The van der Waals surface area contributed by atoms with E-state index < -0.39 is 0 Å². The Hall–Kier alpha value is -1.10. The minimum Gasteiger partial charge on any atom is -0.352 e. The molecule has 0 aromatic heterocycles. The summed E-state index contributed by atoms with van der Waals surface area (Å²) in [5.41, 5.74) is 0. The lowest BCUT2D eigenvalue weighted by Gasteiger charge is -2.20. The van der Waals surface area contributed by atoms with Gasteiger partial charge >= 0.3 is 0 Å². The fourth-order valence-corrected chi connectivity index (χ4v) is 1.33. The molecule has 92 valence electrons. The summed E-state index contributed by atoms with van der Waals surface area (Å²) in [5.74, 6) is -0.0111. The van der Waals surface area contributed by atoms with E-state index in [0.717, 1.165) is 12.8 Å². The van der Waals surface area contributed by atoms with Gasteiger partial charge in [0.15, 0.2) is 0 Å². The molecule has 1 saturated carbocycles. The lowest BCUT2D eigenvalue weighted by molar-refractivity contribution is -0.131. The molecule has 0 spiro atoms. The lowest BCUT2D eigenvalue weighted by atomic mass is 10.3. The third-order valence-electron chi connectivity index (χ3n) is 2.73. The van der Waals surface area contributed by atoms with Crippen molar-refractivity contribution < 1.29 is 9.59 Å². The first kappa shape index (κ1) is 13.0. The Kier molecular flexibility index (Phi) is 4.73. The minimum atomic E-state index is -0.310. The predicted molar refractivity (Wildman–Crippen MR) is 61.9 cm³/mol. The summed E-state index contributed by atoms with van der Waals surface area (Å²) >= 11 is 0. The summed E-state index contributed by atoms with van der Waals surface area (Å²) in [6.07, 6.45) is 2.16. The molecule has 2 N–H and O–H groups in total. The summed E-state index contributed by atoms with van der Waals surface area (Å²) in [6.45, 7) is 4.59. The Bertz CT molecular complexity index is 264. The van der Waals surface area contributed by atoms with E-state index in [4.69, 9.17) is 0 Å². The summed E-state index contributed by atoms with van der Waals surface area (Å²) in [7, 11) is 1.75. The van der Waals surface area contributed by atoms with Crippen molar-refractivity contribution >= 4 is 11.8 Å². The van der Waals surface area contributed by atoms with E-state index in [1.165, 1.54) is 0 Å². The van der Waals surface area contributed by atoms with Crippen LogP contribution in [0.5, 0.6) is 0 Å². The van der Waals surface area contributed by atoms with Gasteiger partial charge in [-0.05, 0) is 26.7 Å². The van der Waals surface area contributed by atoms with Crippen molar-refractivity contribution in [2.75, 3.05) is 20.1 Å². The van der Waals surface area contributed by atoms with Gasteiger partial charge < -0.3 is 10.2 Å². The zero-order valence-corrected chi connectivity index (χ0v) is 10.2. The number of rotatable bonds is 6. The average Bonchev–Trinajstić information content (AvgIpc) is 3.07. The molecule has 0 heterocycles. The highest BCUT2D eigenvalue weighted by atomic mass is 16.2. The van der Waals surface area contributed by atoms with Gasteiger partial charge in [0.25, 0.3) is 0 Å². The van der Waals surface area contributed by atoms with Gasteiger partial charge in [0.2, 0.25) is 11.8 Å². The van der Waals surface area contributed by atoms with Crippen molar-refractivity contribution in [1.29, 1.82) is 0 Å². The fourth-order valence-electron chi connectivity index (χ4n) is 1.33. The number of hydrogen-bond acceptors (Lipinski definition) is 3. The average molecular weight is 227 g/mol. The van der Waals surface area contributed by atoms with Crippen molar-refractivity contribution in [1.82, 2.24) is 15.5 Å². The molecule has 1 aliphatic rings. The summed E-state index contributed by atoms with van der Waals surface area (Å²) in [6, 6.07) is 0.0635. The van der Waals surface area contributed by atoms with E-state index in [0.29, 0.717) is 12.6 Å². The third-order valence-corrected chi connectivity index (χ3v) is 2.73. The molecule has 0 aliphatic heterocycles. The highest BCUT2D eigenvalue weighted by Crippen LogP contribution is 2.18. The molecular formula is C11H21N3O2. The maximum Gasteiger partial charge on any atom is 0.239 e. The van der Waals surface area contributed by atoms with Gasteiger partial charge in [-0.15, -0.1) is 0 Å². The molecule has 16 heavy (non-hydrogen) atoms. The molecule has 5 nitrogen and oxygen atoms in total. The molecule has 1 fully saturated rings. The second-order valence-corrected chi connectivity index (χ2v) is 4.30. The molecule has 5 heteroatoms. The second kappa shape index (κ2) is 5.84. The van der Waals surface area contributed by atoms with E-state index in [1.807, 2.05) is 6.92 Å². The standard InChI is InChI=1S/C11H21N3O2/c1-4-14(3)11(16)8(2)12-7-10(15)13-9-5-6-9/h8-9,12H,4-7H2,1-3H3,(H,13,15). The number of likely N-dealkylation sites (N-methyl/N-ethyl adjacent to an activating group) is 1. The Morgan fingerprint density at radius 1 is 1.44 bits per heavy atom. The molecule has 1 unspecified atom stereocenters. The molecule has 0 aromatic carbocycles. The van der Waals surface area contributed by atoms with E-state index in [1.54, 1.807) is 18.9 Å². The Labute approximate surface area is 96.6 Å². The van der Waals surface area contributed by atoms with Gasteiger partial charge in [-0.1, -0.05) is 0 Å². The quantitative estimate of drug-likeness (QED) is 0.656. The van der Waals surface area contributed by atoms with Crippen LogP contribution in [0.15, 0.2) is 0 Å². The first-order valence-electron chi connectivity index (χ1n) is 5.82. The zero-order valence-electron chi connectivity index (χ0n) is 10.2. The van der Waals surface area contributed by atoms with E-state index in [9.17, 15) is 9.59 Å². The van der Waals surface area contributed by atoms with Crippen LogP contribution in [0, 0.1) is 0 Å². The molecule has 0 bridgehead atoms. The van der Waals surface area contributed by atoms with E-state index >= 15 is 0 Å². The third kappa shape index (κ3) is 4.18. The monoisotopic (exact) mass is 227 g/mol. The molecule has 1 atom stereocenters. The van der Waals surface area contributed by atoms with Crippen LogP contribution in [0.25, 0.3) is 0 Å². The topological polar surface area (TPSA) is 61.4 Å². The van der Waals surface area contributed by atoms with Gasteiger partial charge in [0.05, 0.1) is 12.6 Å². The van der Waals surface area contributed by atoms with Crippen molar-refractivity contribution in [3.05, 3.63) is 0 Å². The van der Waals surface area contributed by atoms with Crippen molar-refractivity contribution in [2.24, 2.45) is 0 Å². The van der Waals surface area contributed by atoms with Crippen molar-refractivity contribution in [3.63, 3.8) is 0 Å². The molecule has 0 saturated heterocycles. The summed E-state index contributed by atoms with van der Waals surface area (Å²) in [5, 5.41) is 5.79. The van der Waals surface area contributed by atoms with E-state index in [2.05, 4.69) is 10.6 Å². The van der Waals surface area contributed by atoms with Gasteiger partial charge in [-0.2, -0.15) is 0 Å². The number of hydrogen-bond donors (Lipinski definition) is 2. The first-order valence-corrected chi connectivity index (χ1v) is 5.82. The van der Waals surface area contributed by atoms with Crippen molar-refractivity contribution in [2.45, 2.75) is 38.8 Å². The Morgan fingerprint density at radius 3 is 2.56 bits per heavy atom. The van der Waals surface area contributed by atoms with Gasteiger partial charge in [0, 0.05) is 19.6 Å². The molecule has 2 amide bonds. The van der Waals surface area contributed by atoms with Crippen LogP contribution in [-0.4, -0.2) is 48.9 Å². The number of carbonyl (C=O) groups is 2. The molecule has 1 rings (SSSR count). The Morgan fingerprint density at radius 2 is 2.06 bits per heavy atom. The van der Waals surface area contributed by atoms with Crippen LogP contribution in [0.1, 0.15) is 26.7 Å². The maximum atomic E-state index is 11.7. The van der Waals surface area contributed by atoms with Crippen LogP contribution >= 0.6 is 0 Å². The first-order chi connectivity index (χ1) is 7.54. The predicted octanol–water partition coefficient (Wildman–Crippen LogP) is -0.279. The van der Waals surface area contributed by atoms with Gasteiger partial charge in [0.1, 0.15) is 0 Å². The minimum absolute atomic E-state index is 0.0155. The largest absolute Gasteiger partial charge is 0.352 e. The number of amides is 2. The van der Waals surface area contributed by atoms with Crippen molar-refractivity contribution in [3.8, 4) is 0 Å². The smallest absolute Gasteiger partial charge is 0.239 e. The molecule has 0 radical (unpaired) electrons. The molecule has 0 aromatic rings. The highest BCUT2D eigenvalue weighted by Gasteiger charge is 2.23. The van der Waals surface area contributed by atoms with E-state index in [-0.39, 0.29) is 24.4 Å². The number of carbonyl (C=O) groups excluding carboxylic acids is 2. The van der Waals surface area contributed by atoms with Crippen LogP contribution < -0.4 is 10.6 Å². The summed E-state index contributed by atoms with van der Waals surface area (Å²) < 4.78 is 0. The van der Waals surface area contributed by atoms with Gasteiger partial charge in [-0.25, -0.2) is 0 Å². The normalized spacial score (nSPS) is 16.7. The Balaban J connectivity index is 2.19. The lowest BCUT2D eigenvalue weighted by Crippen LogP contribution is -2.46. The number of nitrogens with zero attached hydrogens (tertiary/aromatic N) is 1. The second-order valence-electron chi connectivity index (χ2n) is 4.30. The SMILES string of the molecule is CCN(C)C(=O)C(C)NCC(=O)NC1CC1. The fraction of sp³-hybridized carbons (Fsp3) is 0.818. The molecular weight excluding hydrogens is 206 g/mol. The van der Waals surface area contributed by atoms with Crippen LogP contribution in [-0.2, 0) is 9.59 Å². The van der Waals surface area contributed by atoms with Crippen LogP contribution in [0.2, 0.25) is 0 Å². The number of nitrogens with one attached hydrogen (secondary N) is 2. The summed E-state index contributed by atoms with van der Waals surface area (Å²) in [4.78, 5) is 24.6. The highest BCUT2D eigenvalue weighted by molar-refractivity contribution is 5.83. The zero-order chi connectivity index (χ0) is 12.1. The van der Waals surface area contributed by atoms with Crippen LogP contribution in [0.3, 0.4) is 0 Å². The van der Waals surface area contributed by atoms with Crippen LogP contribution in [0.4, 0.5) is 0 Å². The molecule has 1 aliphatic carbocycles. The maximum absolute atomic E-state index is 11.7.